The number of anilines is 1. The van der Waals surface area contributed by atoms with E-state index in [-0.39, 0.29) is 31.5 Å². The Morgan fingerprint density at radius 3 is 2.33 bits per heavy atom. The summed E-state index contributed by atoms with van der Waals surface area (Å²) < 4.78 is 32.2. The van der Waals surface area contributed by atoms with Gasteiger partial charge < -0.3 is 10.5 Å². The van der Waals surface area contributed by atoms with Crippen molar-refractivity contribution in [2.45, 2.75) is 0 Å². The summed E-state index contributed by atoms with van der Waals surface area (Å²) in [7, 11) is 1.33. The van der Waals surface area contributed by atoms with Crippen molar-refractivity contribution >= 4 is 43.3 Å². The van der Waals surface area contributed by atoms with Gasteiger partial charge in [-0.3, -0.25) is 4.79 Å². The number of carbonyl (C=O) groups excluding carboxylic acids is 1. The van der Waals surface area contributed by atoms with Crippen LogP contribution in [0.5, 0.6) is 5.75 Å². The van der Waals surface area contributed by atoms with Crippen LogP contribution in [0.3, 0.4) is 0 Å². The molecule has 2 aromatic rings. The highest BCUT2D eigenvalue weighted by Gasteiger charge is 2.20. The van der Waals surface area contributed by atoms with Crippen molar-refractivity contribution < 1.29 is 18.3 Å². The molecule has 0 atom stereocenters. The number of carbonyl (C=O) groups is 1. The van der Waals surface area contributed by atoms with Crippen molar-refractivity contribution in [2.24, 2.45) is 0 Å². The summed E-state index contributed by atoms with van der Waals surface area (Å²) in [6, 6.07) is 4.73. The fraction of sp³-hybridized carbons (Fsp3) is 0.0714. The fourth-order valence-electron chi connectivity index (χ4n) is 1.76. The molecule has 7 heteroatoms. The molecule has 2 N–H and O–H groups in total. The Bertz CT molecular complexity index is 735. The Kier molecular flexibility index (Phi) is 4.63. The van der Waals surface area contributed by atoms with Crippen LogP contribution in [0.2, 0.25) is 0 Å². The maximum absolute atomic E-state index is 13.5. The fourth-order valence-corrected chi connectivity index (χ4v) is 2.60. The molecule has 0 aliphatic rings. The predicted octanol–water partition coefficient (Wildman–Crippen LogP) is 4.31. The molecule has 0 aliphatic carbocycles. The second kappa shape index (κ2) is 6.11. The summed E-state index contributed by atoms with van der Waals surface area (Å²) in [6.07, 6.45) is 0. The first-order chi connectivity index (χ1) is 9.85. The molecule has 2 rings (SSSR count). The summed E-state index contributed by atoms with van der Waals surface area (Å²) in [5.74, 6) is -1.58. The maximum Gasteiger partial charge on any atom is 0.198 e. The molecule has 0 aliphatic heterocycles. The average Bonchev–Trinajstić information content (AvgIpc) is 2.44. The third-order valence-electron chi connectivity index (χ3n) is 2.82. The number of halogens is 4. The SMILES string of the molecule is COc1cc(F)c(Br)cc1C(=O)c1cc(N)c(F)cc1Br. The molecule has 0 fully saturated rings. The molecule has 0 aromatic heterocycles. The van der Waals surface area contributed by atoms with Crippen molar-refractivity contribution in [1.82, 2.24) is 0 Å². The third-order valence-corrected chi connectivity index (χ3v) is 4.08. The van der Waals surface area contributed by atoms with E-state index >= 15 is 0 Å². The molecule has 110 valence electrons. The molecule has 0 unspecified atom stereocenters. The quantitative estimate of drug-likeness (QED) is 0.594. The Morgan fingerprint density at radius 1 is 1.05 bits per heavy atom. The smallest absolute Gasteiger partial charge is 0.198 e. The topological polar surface area (TPSA) is 52.3 Å². The zero-order valence-electron chi connectivity index (χ0n) is 10.7. The lowest BCUT2D eigenvalue weighted by atomic mass is 10.0. The number of ketones is 1. The lowest BCUT2D eigenvalue weighted by Gasteiger charge is -2.11. The number of nitrogens with two attached hydrogens (primary N) is 1. The normalized spacial score (nSPS) is 10.5. The highest BCUT2D eigenvalue weighted by molar-refractivity contribution is 9.10. The Balaban J connectivity index is 2.60. The molecule has 0 saturated carbocycles. The van der Waals surface area contributed by atoms with Gasteiger partial charge in [-0.05, 0) is 50.1 Å². The standard InChI is InChI=1S/C14H9Br2F2NO2/c1-21-13-5-10(17)9(16)2-7(13)14(20)6-3-12(19)11(18)4-8(6)15/h2-5H,19H2,1H3. The molecule has 2 aromatic carbocycles. The van der Waals surface area contributed by atoms with Crippen LogP contribution in [0.4, 0.5) is 14.5 Å². The summed E-state index contributed by atoms with van der Waals surface area (Å²) in [4.78, 5) is 12.5. The first-order valence-electron chi connectivity index (χ1n) is 5.67. The lowest BCUT2D eigenvalue weighted by molar-refractivity contribution is 0.103. The number of hydrogen-bond acceptors (Lipinski definition) is 3. The van der Waals surface area contributed by atoms with Crippen LogP contribution in [-0.2, 0) is 0 Å². The van der Waals surface area contributed by atoms with E-state index in [0.717, 1.165) is 12.1 Å². The molecular weight excluding hydrogens is 412 g/mol. The van der Waals surface area contributed by atoms with Crippen LogP contribution in [-0.4, -0.2) is 12.9 Å². The van der Waals surface area contributed by atoms with Gasteiger partial charge in [0.1, 0.15) is 17.4 Å². The Labute approximate surface area is 136 Å². The van der Waals surface area contributed by atoms with E-state index < -0.39 is 17.4 Å². The van der Waals surface area contributed by atoms with Gasteiger partial charge in [-0.1, -0.05) is 0 Å². The number of rotatable bonds is 3. The van der Waals surface area contributed by atoms with E-state index in [1.54, 1.807) is 0 Å². The molecule has 3 nitrogen and oxygen atoms in total. The monoisotopic (exact) mass is 419 g/mol. The van der Waals surface area contributed by atoms with Gasteiger partial charge in [0.2, 0.25) is 0 Å². The van der Waals surface area contributed by atoms with Gasteiger partial charge in [0.05, 0.1) is 22.8 Å². The molecule has 0 spiro atoms. The van der Waals surface area contributed by atoms with E-state index in [4.69, 9.17) is 10.5 Å². The number of ether oxygens (including phenoxy) is 1. The first-order valence-corrected chi connectivity index (χ1v) is 7.26. The van der Waals surface area contributed by atoms with Gasteiger partial charge >= 0.3 is 0 Å². The van der Waals surface area contributed by atoms with Crippen molar-refractivity contribution in [2.75, 3.05) is 12.8 Å². The largest absolute Gasteiger partial charge is 0.496 e. The molecule has 0 heterocycles. The number of benzene rings is 2. The van der Waals surface area contributed by atoms with Crippen LogP contribution in [0.1, 0.15) is 15.9 Å². The summed E-state index contributed by atoms with van der Waals surface area (Å²) in [5.41, 5.74) is 5.62. The van der Waals surface area contributed by atoms with E-state index in [1.165, 1.54) is 19.2 Å². The molecule has 0 bridgehead atoms. The zero-order chi connectivity index (χ0) is 15.7. The number of nitrogen functional groups attached to an aromatic ring is 1. The molecule has 0 radical (unpaired) electrons. The van der Waals surface area contributed by atoms with Crippen molar-refractivity contribution in [3.63, 3.8) is 0 Å². The zero-order valence-corrected chi connectivity index (χ0v) is 13.9. The first kappa shape index (κ1) is 15.9. The van der Waals surface area contributed by atoms with E-state index in [0.29, 0.717) is 0 Å². The van der Waals surface area contributed by atoms with Gasteiger partial charge in [-0.25, -0.2) is 8.78 Å². The molecular formula is C14H9Br2F2NO2. The van der Waals surface area contributed by atoms with Crippen molar-refractivity contribution in [3.05, 3.63) is 56.0 Å². The number of methoxy groups -OCH3 is 1. The summed E-state index contributed by atoms with van der Waals surface area (Å²) in [6.45, 7) is 0. The van der Waals surface area contributed by atoms with Crippen LogP contribution >= 0.6 is 31.9 Å². The van der Waals surface area contributed by atoms with E-state index in [2.05, 4.69) is 31.9 Å². The van der Waals surface area contributed by atoms with Crippen LogP contribution < -0.4 is 10.5 Å². The van der Waals surface area contributed by atoms with Crippen molar-refractivity contribution in [1.29, 1.82) is 0 Å². The molecule has 21 heavy (non-hydrogen) atoms. The Morgan fingerprint density at radius 2 is 1.71 bits per heavy atom. The lowest BCUT2D eigenvalue weighted by Crippen LogP contribution is -2.07. The summed E-state index contributed by atoms with van der Waals surface area (Å²) >= 11 is 6.13. The van der Waals surface area contributed by atoms with Crippen LogP contribution in [0.25, 0.3) is 0 Å². The second-order valence-electron chi connectivity index (χ2n) is 4.15. The highest BCUT2D eigenvalue weighted by atomic mass is 79.9. The van der Waals surface area contributed by atoms with Crippen molar-refractivity contribution in [3.8, 4) is 5.75 Å². The van der Waals surface area contributed by atoms with Crippen LogP contribution in [0.15, 0.2) is 33.2 Å². The minimum atomic E-state index is -0.634. The van der Waals surface area contributed by atoms with Gasteiger partial charge in [-0.15, -0.1) is 0 Å². The third kappa shape index (κ3) is 3.08. The predicted molar refractivity (Wildman–Crippen MR) is 82.6 cm³/mol. The minimum absolute atomic E-state index is 0.0792. The van der Waals surface area contributed by atoms with Gasteiger partial charge in [0, 0.05) is 16.1 Å². The maximum atomic E-state index is 13.5. The average molecular weight is 421 g/mol. The van der Waals surface area contributed by atoms with E-state index in [1.807, 2.05) is 0 Å². The van der Waals surface area contributed by atoms with Crippen LogP contribution in [0, 0.1) is 11.6 Å². The van der Waals surface area contributed by atoms with E-state index in [9.17, 15) is 13.6 Å². The van der Waals surface area contributed by atoms with Gasteiger partial charge in [0.25, 0.3) is 0 Å². The number of hydrogen-bond donors (Lipinski definition) is 1. The van der Waals surface area contributed by atoms with Gasteiger partial charge in [0.15, 0.2) is 5.78 Å². The minimum Gasteiger partial charge on any atom is -0.496 e. The second-order valence-corrected chi connectivity index (χ2v) is 5.86. The molecule has 0 amide bonds. The van der Waals surface area contributed by atoms with Gasteiger partial charge in [-0.2, -0.15) is 0 Å². The summed E-state index contributed by atoms with van der Waals surface area (Å²) in [5, 5.41) is 0. The Hall–Kier alpha value is -1.47. The highest BCUT2D eigenvalue weighted by Crippen LogP contribution is 2.31. The molecule has 0 saturated heterocycles.